The maximum absolute atomic E-state index is 8.67. The first-order valence-electron chi connectivity index (χ1n) is 5.09. The molecule has 0 aliphatic rings. The molecule has 82 valence electrons. The molecule has 0 heterocycles. The third-order valence-corrected chi connectivity index (χ3v) is 1.75. The van der Waals surface area contributed by atoms with Crippen molar-refractivity contribution in [1.82, 2.24) is 0 Å². The van der Waals surface area contributed by atoms with Gasteiger partial charge in [-0.2, -0.15) is 0 Å². The first kappa shape index (κ1) is 15.4. The molecule has 1 heteroatoms. The van der Waals surface area contributed by atoms with E-state index < -0.39 is 0 Å². The summed E-state index contributed by atoms with van der Waals surface area (Å²) in [6, 6.07) is 0. The van der Waals surface area contributed by atoms with Crippen molar-refractivity contribution in [3.8, 4) is 0 Å². The second-order valence-corrected chi connectivity index (χ2v) is 6.45. The minimum Gasteiger partial charge on any atom is -0.396 e. The molecule has 0 saturated carbocycles. The molecule has 1 nitrogen and oxygen atoms in total. The Morgan fingerprint density at radius 3 is 1.15 bits per heavy atom. The van der Waals surface area contributed by atoms with Crippen LogP contribution in [0.2, 0.25) is 0 Å². The van der Waals surface area contributed by atoms with Gasteiger partial charge in [-0.05, 0) is 16.7 Å². The van der Waals surface area contributed by atoms with Crippen molar-refractivity contribution in [2.75, 3.05) is 6.61 Å². The van der Waals surface area contributed by atoms with E-state index >= 15 is 0 Å². The minimum absolute atomic E-state index is 0.259. The topological polar surface area (TPSA) is 20.2 Å². The summed E-state index contributed by atoms with van der Waals surface area (Å²) in [7, 11) is 0. The van der Waals surface area contributed by atoms with Crippen LogP contribution in [0.4, 0.5) is 0 Å². The predicted octanol–water partition coefficient (Wildman–Crippen LogP) is 3.71. The zero-order chi connectivity index (χ0) is 11.3. The van der Waals surface area contributed by atoms with Gasteiger partial charge in [-0.25, -0.2) is 0 Å². The van der Waals surface area contributed by atoms with Crippen LogP contribution in [-0.2, 0) is 0 Å². The Balaban J connectivity index is 0. The summed E-state index contributed by atoms with van der Waals surface area (Å²) in [6.07, 6.45) is 0. The van der Waals surface area contributed by atoms with Crippen LogP contribution < -0.4 is 0 Å². The van der Waals surface area contributed by atoms with Crippen molar-refractivity contribution in [2.24, 2.45) is 16.7 Å². The molecule has 0 fully saturated rings. The Bertz CT molecular complexity index is 108. The van der Waals surface area contributed by atoms with Crippen LogP contribution in [-0.4, -0.2) is 11.7 Å². The van der Waals surface area contributed by atoms with E-state index in [4.69, 9.17) is 5.11 Å². The Labute approximate surface area is 84.6 Å². The highest BCUT2D eigenvalue weighted by Crippen LogP contribution is 2.23. The van der Waals surface area contributed by atoms with Crippen molar-refractivity contribution in [2.45, 2.75) is 55.4 Å². The lowest BCUT2D eigenvalue weighted by atomic mass is 9.83. The zero-order valence-corrected chi connectivity index (χ0v) is 10.7. The van der Waals surface area contributed by atoms with Crippen LogP contribution in [0.1, 0.15) is 55.4 Å². The fourth-order valence-electron chi connectivity index (χ4n) is 0.274. The smallest absolute Gasteiger partial charge is 0.0461 e. The fourth-order valence-corrected chi connectivity index (χ4v) is 0.274. The molecule has 0 aromatic heterocycles. The summed E-state index contributed by atoms with van der Waals surface area (Å²) in [4.78, 5) is 0. The molecule has 0 bridgehead atoms. The van der Waals surface area contributed by atoms with Gasteiger partial charge in [0.2, 0.25) is 0 Å². The molecule has 1 N–H and O–H groups in total. The van der Waals surface area contributed by atoms with E-state index in [1.165, 1.54) is 0 Å². The van der Waals surface area contributed by atoms with E-state index in [1.807, 2.05) is 0 Å². The largest absolute Gasteiger partial charge is 0.396 e. The summed E-state index contributed by atoms with van der Waals surface area (Å²) >= 11 is 0. The molecule has 0 aromatic carbocycles. The average molecular weight is 188 g/mol. The third kappa shape index (κ3) is 18.7. The number of hydrogen-bond acceptors (Lipinski definition) is 1. The average Bonchev–Trinajstić information content (AvgIpc) is 1.80. The molecule has 0 aliphatic heterocycles. The van der Waals surface area contributed by atoms with E-state index in [1.54, 1.807) is 0 Å². The van der Waals surface area contributed by atoms with Crippen LogP contribution in [0.25, 0.3) is 0 Å². The van der Waals surface area contributed by atoms with Crippen molar-refractivity contribution in [3.05, 3.63) is 0 Å². The molecule has 0 unspecified atom stereocenters. The second kappa shape index (κ2) is 5.64. The highest BCUT2D eigenvalue weighted by molar-refractivity contribution is 4.67. The monoisotopic (exact) mass is 188 g/mol. The number of rotatable bonds is 1. The molecule has 0 saturated heterocycles. The van der Waals surface area contributed by atoms with Gasteiger partial charge in [0.15, 0.2) is 0 Å². The normalized spacial score (nSPS) is 14.5. The Morgan fingerprint density at radius 2 is 1.15 bits per heavy atom. The maximum atomic E-state index is 8.67. The van der Waals surface area contributed by atoms with E-state index in [-0.39, 0.29) is 5.41 Å². The number of hydrogen-bond donors (Lipinski definition) is 1. The predicted molar refractivity (Wildman–Crippen MR) is 60.8 cm³/mol. The maximum Gasteiger partial charge on any atom is 0.0461 e. The van der Waals surface area contributed by atoms with Crippen LogP contribution >= 0.6 is 0 Å². The molecule has 1 atom stereocenters. The molecule has 0 spiro atoms. The standard InChI is InChI=1S/C7H16O.C5H12/c1-6(5-8)7(2,3)4;1-5(2,3)4/h6,8H,5H2,1-4H3;1-4H3/t6-;/m0./s1. The molecular weight excluding hydrogens is 160 g/mol. The molecule has 0 rings (SSSR count). The zero-order valence-electron chi connectivity index (χ0n) is 10.7. The van der Waals surface area contributed by atoms with E-state index in [2.05, 4.69) is 55.4 Å². The van der Waals surface area contributed by atoms with Gasteiger partial charge in [0.25, 0.3) is 0 Å². The van der Waals surface area contributed by atoms with Crippen molar-refractivity contribution in [1.29, 1.82) is 0 Å². The summed E-state index contributed by atoms with van der Waals surface area (Å²) in [5.74, 6) is 0.405. The summed E-state index contributed by atoms with van der Waals surface area (Å²) in [5, 5.41) is 8.67. The molecule has 0 aromatic rings. The van der Waals surface area contributed by atoms with Crippen molar-refractivity contribution >= 4 is 0 Å². The quantitative estimate of drug-likeness (QED) is 0.665. The van der Waals surface area contributed by atoms with Gasteiger partial charge in [-0.3, -0.25) is 0 Å². The van der Waals surface area contributed by atoms with Gasteiger partial charge < -0.3 is 5.11 Å². The third-order valence-electron chi connectivity index (χ3n) is 1.75. The molecular formula is C12H28O. The van der Waals surface area contributed by atoms with E-state index in [9.17, 15) is 0 Å². The molecule has 0 aliphatic carbocycles. The molecule has 0 radical (unpaired) electrons. The van der Waals surface area contributed by atoms with Crippen LogP contribution in [0, 0.1) is 16.7 Å². The summed E-state index contributed by atoms with van der Waals surface area (Å²) < 4.78 is 0. The highest BCUT2D eigenvalue weighted by Gasteiger charge is 2.17. The van der Waals surface area contributed by atoms with Gasteiger partial charge in [-0.1, -0.05) is 55.4 Å². The lowest BCUT2D eigenvalue weighted by Gasteiger charge is -2.24. The Kier molecular flexibility index (Phi) is 6.70. The van der Waals surface area contributed by atoms with Gasteiger partial charge in [0.1, 0.15) is 0 Å². The minimum atomic E-state index is 0.259. The van der Waals surface area contributed by atoms with E-state index in [0.29, 0.717) is 17.9 Å². The van der Waals surface area contributed by atoms with Crippen LogP contribution in [0.3, 0.4) is 0 Å². The van der Waals surface area contributed by atoms with Crippen LogP contribution in [0.15, 0.2) is 0 Å². The SMILES string of the molecule is CC(C)(C)C.C[C@@H](CO)C(C)(C)C. The van der Waals surface area contributed by atoms with Crippen molar-refractivity contribution in [3.63, 3.8) is 0 Å². The summed E-state index contributed by atoms with van der Waals surface area (Å²) in [6.45, 7) is 17.5. The van der Waals surface area contributed by atoms with Gasteiger partial charge >= 0.3 is 0 Å². The van der Waals surface area contributed by atoms with Crippen molar-refractivity contribution < 1.29 is 5.11 Å². The fraction of sp³-hybridized carbons (Fsp3) is 1.00. The Morgan fingerprint density at radius 1 is 0.923 bits per heavy atom. The lowest BCUT2D eigenvalue weighted by Crippen LogP contribution is -2.20. The first-order valence-corrected chi connectivity index (χ1v) is 5.09. The molecule has 0 amide bonds. The number of aliphatic hydroxyl groups excluding tert-OH is 1. The highest BCUT2D eigenvalue weighted by atomic mass is 16.3. The van der Waals surface area contributed by atoms with Gasteiger partial charge in [-0.15, -0.1) is 0 Å². The number of aliphatic hydroxyl groups is 1. The van der Waals surface area contributed by atoms with Gasteiger partial charge in [0, 0.05) is 6.61 Å². The van der Waals surface area contributed by atoms with Crippen LogP contribution in [0.5, 0.6) is 0 Å². The van der Waals surface area contributed by atoms with E-state index in [0.717, 1.165) is 0 Å². The lowest BCUT2D eigenvalue weighted by molar-refractivity contribution is 0.146. The summed E-state index contributed by atoms with van der Waals surface area (Å²) in [5.41, 5.74) is 0.759. The molecule has 13 heavy (non-hydrogen) atoms. The second-order valence-electron chi connectivity index (χ2n) is 6.45. The Hall–Kier alpha value is -0.0400. The van der Waals surface area contributed by atoms with Gasteiger partial charge in [0.05, 0.1) is 0 Å². The first-order chi connectivity index (χ1) is 5.48.